The van der Waals surface area contributed by atoms with Gasteiger partial charge in [0, 0.05) is 11.8 Å². The molecule has 0 unspecified atom stereocenters. The Morgan fingerprint density at radius 3 is 2.91 bits per heavy atom. The molecule has 0 saturated heterocycles. The number of fused-ring (bicyclic) bond motifs is 2. The molecule has 0 aliphatic carbocycles. The summed E-state index contributed by atoms with van der Waals surface area (Å²) >= 11 is 1.67. The molecule has 5 nitrogen and oxygen atoms in total. The standard InChI is InChI=1S/C17H16N4OS/c1-10-16(23-11(2)19-10)12-5-6-14-15(8-12)21(22)9-13-4-3-7-18-17(13)20-14/h3-8,22H,9H2,1-2H3,(H,18,20). The lowest BCUT2D eigenvalue weighted by molar-refractivity contribution is 0.251. The Hall–Kier alpha value is -2.44. The van der Waals surface area contributed by atoms with Crippen LogP contribution in [0.5, 0.6) is 0 Å². The molecule has 2 aromatic heterocycles. The lowest BCUT2D eigenvalue weighted by atomic mass is 10.1. The Bertz CT molecular complexity index is 890. The minimum absolute atomic E-state index is 0.396. The van der Waals surface area contributed by atoms with Crippen molar-refractivity contribution in [2.24, 2.45) is 0 Å². The number of thiazole rings is 1. The fraction of sp³-hybridized carbons (Fsp3) is 0.176. The third-order valence-electron chi connectivity index (χ3n) is 3.91. The number of benzene rings is 1. The molecular formula is C17H16N4OS. The van der Waals surface area contributed by atoms with Gasteiger partial charge in [-0.3, -0.25) is 10.3 Å². The van der Waals surface area contributed by atoms with Crippen LogP contribution in [0.1, 0.15) is 16.3 Å². The van der Waals surface area contributed by atoms with Gasteiger partial charge in [-0.1, -0.05) is 12.1 Å². The van der Waals surface area contributed by atoms with E-state index in [1.165, 1.54) is 5.06 Å². The Kier molecular flexibility index (Phi) is 3.28. The van der Waals surface area contributed by atoms with E-state index in [1.54, 1.807) is 17.5 Å². The molecule has 0 spiro atoms. The molecule has 3 aromatic rings. The summed E-state index contributed by atoms with van der Waals surface area (Å²) in [5.74, 6) is 0.780. The highest BCUT2D eigenvalue weighted by Crippen LogP contribution is 2.38. The van der Waals surface area contributed by atoms with E-state index >= 15 is 0 Å². The van der Waals surface area contributed by atoms with Gasteiger partial charge in [-0.25, -0.2) is 9.97 Å². The molecular weight excluding hydrogens is 308 g/mol. The monoisotopic (exact) mass is 324 g/mol. The van der Waals surface area contributed by atoms with Gasteiger partial charge in [-0.2, -0.15) is 0 Å². The van der Waals surface area contributed by atoms with E-state index in [0.29, 0.717) is 6.54 Å². The highest BCUT2D eigenvalue weighted by molar-refractivity contribution is 7.15. The molecule has 3 heterocycles. The molecule has 2 N–H and O–H groups in total. The van der Waals surface area contributed by atoms with Gasteiger partial charge in [0.15, 0.2) is 0 Å². The molecule has 0 radical (unpaired) electrons. The number of aryl methyl sites for hydroxylation is 2. The van der Waals surface area contributed by atoms with Crippen molar-refractivity contribution in [2.75, 3.05) is 10.4 Å². The van der Waals surface area contributed by atoms with Crippen LogP contribution in [0, 0.1) is 13.8 Å². The van der Waals surface area contributed by atoms with Crippen molar-refractivity contribution in [1.29, 1.82) is 0 Å². The first kappa shape index (κ1) is 14.2. The van der Waals surface area contributed by atoms with E-state index in [2.05, 4.69) is 15.3 Å². The van der Waals surface area contributed by atoms with E-state index in [0.717, 1.165) is 43.9 Å². The summed E-state index contributed by atoms with van der Waals surface area (Å²) in [6, 6.07) is 9.86. The van der Waals surface area contributed by atoms with Gasteiger partial charge in [-0.05, 0) is 37.6 Å². The van der Waals surface area contributed by atoms with Crippen molar-refractivity contribution in [1.82, 2.24) is 9.97 Å². The molecule has 6 heteroatoms. The Morgan fingerprint density at radius 1 is 1.26 bits per heavy atom. The predicted molar refractivity (Wildman–Crippen MR) is 92.5 cm³/mol. The lowest BCUT2D eigenvalue weighted by Gasteiger charge is -2.17. The van der Waals surface area contributed by atoms with Crippen molar-refractivity contribution >= 4 is 28.5 Å². The van der Waals surface area contributed by atoms with E-state index in [-0.39, 0.29) is 0 Å². The Morgan fingerprint density at radius 2 is 2.13 bits per heavy atom. The van der Waals surface area contributed by atoms with E-state index < -0.39 is 0 Å². The minimum atomic E-state index is 0.396. The summed E-state index contributed by atoms with van der Waals surface area (Å²) in [6.07, 6.45) is 1.75. The first-order chi connectivity index (χ1) is 11.1. The smallest absolute Gasteiger partial charge is 0.135 e. The zero-order valence-electron chi connectivity index (χ0n) is 12.9. The van der Waals surface area contributed by atoms with Crippen molar-refractivity contribution in [3.63, 3.8) is 0 Å². The fourth-order valence-electron chi connectivity index (χ4n) is 2.84. The molecule has 4 rings (SSSR count). The highest BCUT2D eigenvalue weighted by atomic mass is 32.1. The van der Waals surface area contributed by atoms with Gasteiger partial charge < -0.3 is 5.32 Å². The maximum atomic E-state index is 10.5. The molecule has 0 bridgehead atoms. The fourth-order valence-corrected chi connectivity index (χ4v) is 3.76. The van der Waals surface area contributed by atoms with Gasteiger partial charge in [0.05, 0.1) is 33.5 Å². The number of aromatic nitrogens is 2. The quantitative estimate of drug-likeness (QED) is 0.700. The topological polar surface area (TPSA) is 61.3 Å². The summed E-state index contributed by atoms with van der Waals surface area (Å²) in [7, 11) is 0. The van der Waals surface area contributed by atoms with Crippen LogP contribution in [-0.4, -0.2) is 15.2 Å². The predicted octanol–water partition coefficient (Wildman–Crippen LogP) is 4.27. The molecule has 0 amide bonds. The number of nitrogens with zero attached hydrogens (tertiary/aromatic N) is 3. The largest absolute Gasteiger partial charge is 0.338 e. The lowest BCUT2D eigenvalue weighted by Crippen LogP contribution is -2.16. The molecule has 0 fully saturated rings. The average molecular weight is 324 g/mol. The van der Waals surface area contributed by atoms with Crippen LogP contribution in [0.4, 0.5) is 17.2 Å². The molecule has 116 valence electrons. The van der Waals surface area contributed by atoms with Crippen LogP contribution in [0.15, 0.2) is 36.5 Å². The molecule has 0 atom stereocenters. The molecule has 1 aliphatic heterocycles. The SMILES string of the molecule is Cc1nc(C)c(-c2ccc3c(c2)N(O)Cc2cccnc2N3)s1. The zero-order chi connectivity index (χ0) is 16.0. The molecule has 1 aromatic carbocycles. The minimum Gasteiger partial charge on any atom is -0.338 e. The van der Waals surface area contributed by atoms with Gasteiger partial charge in [0.25, 0.3) is 0 Å². The van der Waals surface area contributed by atoms with Crippen molar-refractivity contribution in [3.05, 3.63) is 52.8 Å². The summed E-state index contributed by atoms with van der Waals surface area (Å²) in [5.41, 5.74) is 4.62. The average Bonchev–Trinajstić information content (AvgIpc) is 2.80. The molecule has 0 saturated carbocycles. The second kappa shape index (κ2) is 5.33. The zero-order valence-corrected chi connectivity index (χ0v) is 13.7. The summed E-state index contributed by atoms with van der Waals surface area (Å²) in [5, 5.41) is 16.1. The van der Waals surface area contributed by atoms with Crippen LogP contribution in [0.25, 0.3) is 10.4 Å². The third-order valence-corrected chi connectivity index (χ3v) is 5.03. The Labute approximate surface area is 138 Å². The van der Waals surface area contributed by atoms with Crippen LogP contribution >= 0.6 is 11.3 Å². The summed E-state index contributed by atoms with van der Waals surface area (Å²) in [6.45, 7) is 4.42. The summed E-state index contributed by atoms with van der Waals surface area (Å²) in [4.78, 5) is 9.98. The van der Waals surface area contributed by atoms with Crippen LogP contribution in [0.2, 0.25) is 0 Å². The first-order valence-corrected chi connectivity index (χ1v) is 8.19. The van der Waals surface area contributed by atoms with Gasteiger partial charge in [-0.15, -0.1) is 11.3 Å². The molecule has 1 aliphatic rings. The van der Waals surface area contributed by atoms with Crippen LogP contribution in [-0.2, 0) is 6.54 Å². The van der Waals surface area contributed by atoms with E-state index in [1.807, 2.05) is 44.2 Å². The number of rotatable bonds is 1. The van der Waals surface area contributed by atoms with Gasteiger partial charge >= 0.3 is 0 Å². The first-order valence-electron chi connectivity index (χ1n) is 7.37. The van der Waals surface area contributed by atoms with E-state index in [9.17, 15) is 5.21 Å². The number of hydroxylamine groups is 1. The molecule has 23 heavy (non-hydrogen) atoms. The Balaban J connectivity index is 1.81. The highest BCUT2D eigenvalue weighted by Gasteiger charge is 2.20. The number of pyridine rings is 1. The number of hydrogen-bond donors (Lipinski definition) is 2. The number of anilines is 3. The van der Waals surface area contributed by atoms with Gasteiger partial charge in [0.1, 0.15) is 5.82 Å². The summed E-state index contributed by atoms with van der Waals surface area (Å²) < 4.78 is 0. The normalized spacial score (nSPS) is 13.1. The van der Waals surface area contributed by atoms with Crippen molar-refractivity contribution in [3.8, 4) is 10.4 Å². The van der Waals surface area contributed by atoms with Crippen molar-refractivity contribution < 1.29 is 5.21 Å². The van der Waals surface area contributed by atoms with Crippen molar-refractivity contribution in [2.45, 2.75) is 20.4 Å². The number of nitrogens with one attached hydrogen (secondary N) is 1. The second-order valence-corrected chi connectivity index (χ2v) is 6.78. The maximum absolute atomic E-state index is 10.5. The van der Waals surface area contributed by atoms with Gasteiger partial charge in [0.2, 0.25) is 0 Å². The van der Waals surface area contributed by atoms with E-state index in [4.69, 9.17) is 0 Å². The number of hydrogen-bond acceptors (Lipinski definition) is 6. The second-order valence-electron chi connectivity index (χ2n) is 5.57. The van der Waals surface area contributed by atoms with Crippen LogP contribution in [0.3, 0.4) is 0 Å². The van der Waals surface area contributed by atoms with Crippen LogP contribution < -0.4 is 10.4 Å². The maximum Gasteiger partial charge on any atom is 0.135 e. The third kappa shape index (κ3) is 2.46.